The van der Waals surface area contributed by atoms with Gasteiger partial charge in [0.1, 0.15) is 0 Å². The molecule has 176 valence electrons. The van der Waals surface area contributed by atoms with Gasteiger partial charge >= 0.3 is 0 Å². The first-order chi connectivity index (χ1) is 15.8. The molecule has 1 aliphatic heterocycles. The standard InChI is InChI=1S/C26H34N4O3/c1-16(2)24-20-12-18(17-8-10-30(11-9-17)15-23(31)27-3)6-7-21(20)28-25(24)19-13-22(33-5)26(32)29(4)14-19/h6-7,12-14,16-17,28H,8-11,15H2,1-5H3,(H,27,31). The van der Waals surface area contributed by atoms with Gasteiger partial charge in [-0.05, 0) is 67.1 Å². The van der Waals surface area contributed by atoms with E-state index in [0.717, 1.165) is 42.7 Å². The number of pyridine rings is 1. The summed E-state index contributed by atoms with van der Waals surface area (Å²) in [4.78, 5) is 29.8. The summed E-state index contributed by atoms with van der Waals surface area (Å²) in [6.45, 7) is 6.75. The Morgan fingerprint density at radius 1 is 1.24 bits per heavy atom. The van der Waals surface area contributed by atoms with E-state index in [1.807, 2.05) is 12.3 Å². The number of hydrogen-bond acceptors (Lipinski definition) is 4. The monoisotopic (exact) mass is 450 g/mol. The van der Waals surface area contributed by atoms with Crippen LogP contribution in [0.4, 0.5) is 0 Å². The molecule has 0 bridgehead atoms. The predicted octanol–water partition coefficient (Wildman–Crippen LogP) is 3.59. The Balaban J connectivity index is 1.68. The molecule has 0 aliphatic carbocycles. The van der Waals surface area contributed by atoms with Gasteiger partial charge in [-0.15, -0.1) is 0 Å². The Morgan fingerprint density at radius 2 is 1.97 bits per heavy atom. The number of likely N-dealkylation sites (tertiary alicyclic amines) is 1. The summed E-state index contributed by atoms with van der Waals surface area (Å²) >= 11 is 0. The molecule has 1 aliphatic rings. The van der Waals surface area contributed by atoms with E-state index < -0.39 is 0 Å². The zero-order valence-electron chi connectivity index (χ0n) is 20.2. The van der Waals surface area contributed by atoms with Gasteiger partial charge < -0.3 is 19.6 Å². The number of aryl methyl sites for hydroxylation is 1. The van der Waals surface area contributed by atoms with Crippen LogP contribution in [0.25, 0.3) is 22.2 Å². The predicted molar refractivity (Wildman–Crippen MR) is 132 cm³/mol. The number of amides is 1. The Kier molecular flexibility index (Phi) is 6.61. The molecule has 0 saturated carbocycles. The van der Waals surface area contributed by atoms with E-state index in [1.54, 1.807) is 18.7 Å². The number of aromatic nitrogens is 2. The third-order valence-corrected chi connectivity index (χ3v) is 6.80. The average Bonchev–Trinajstić information content (AvgIpc) is 3.20. The molecule has 7 heteroatoms. The van der Waals surface area contributed by atoms with Crippen molar-refractivity contribution >= 4 is 16.8 Å². The molecule has 0 spiro atoms. The molecule has 2 aromatic heterocycles. The van der Waals surface area contributed by atoms with Crippen molar-refractivity contribution in [2.45, 2.75) is 38.5 Å². The van der Waals surface area contributed by atoms with E-state index >= 15 is 0 Å². The first-order valence-electron chi connectivity index (χ1n) is 11.7. The van der Waals surface area contributed by atoms with Crippen molar-refractivity contribution in [1.29, 1.82) is 0 Å². The molecule has 1 aromatic carbocycles. The van der Waals surface area contributed by atoms with Crippen molar-refractivity contribution in [3.05, 3.63) is 51.9 Å². The molecule has 0 radical (unpaired) electrons. The summed E-state index contributed by atoms with van der Waals surface area (Å²) in [7, 11) is 4.97. The lowest BCUT2D eigenvalue weighted by Gasteiger charge is -2.31. The number of piperidine rings is 1. The molecule has 7 nitrogen and oxygen atoms in total. The van der Waals surface area contributed by atoms with Gasteiger partial charge in [0, 0.05) is 36.8 Å². The van der Waals surface area contributed by atoms with Crippen LogP contribution in [-0.4, -0.2) is 54.1 Å². The zero-order chi connectivity index (χ0) is 23.7. The highest BCUT2D eigenvalue weighted by Crippen LogP contribution is 2.38. The molecular weight excluding hydrogens is 416 g/mol. The van der Waals surface area contributed by atoms with Crippen molar-refractivity contribution in [3.8, 4) is 17.0 Å². The van der Waals surface area contributed by atoms with Crippen molar-refractivity contribution in [2.24, 2.45) is 7.05 Å². The second-order valence-electron chi connectivity index (χ2n) is 9.31. The smallest absolute Gasteiger partial charge is 0.292 e. The van der Waals surface area contributed by atoms with Gasteiger partial charge in [-0.25, -0.2) is 0 Å². The number of carbonyl (C=O) groups is 1. The lowest BCUT2D eigenvalue weighted by atomic mass is 9.87. The molecule has 1 amide bonds. The number of nitrogens with zero attached hydrogens (tertiary/aromatic N) is 2. The minimum Gasteiger partial charge on any atom is -0.491 e. The largest absolute Gasteiger partial charge is 0.491 e. The minimum atomic E-state index is -0.145. The molecule has 1 saturated heterocycles. The average molecular weight is 451 g/mol. The van der Waals surface area contributed by atoms with Gasteiger partial charge in [-0.1, -0.05) is 19.9 Å². The molecule has 1 fully saturated rings. The first-order valence-corrected chi connectivity index (χ1v) is 11.7. The summed E-state index contributed by atoms with van der Waals surface area (Å²) in [6, 6.07) is 8.56. The Labute approximate surface area is 194 Å². The lowest BCUT2D eigenvalue weighted by Crippen LogP contribution is -2.40. The van der Waals surface area contributed by atoms with E-state index in [-0.39, 0.29) is 11.5 Å². The number of methoxy groups -OCH3 is 1. The molecular formula is C26H34N4O3. The number of carbonyl (C=O) groups excluding carboxylic acids is 1. The molecule has 2 N–H and O–H groups in total. The SMILES string of the molecule is CNC(=O)CN1CCC(c2ccc3[nH]c(-c4cc(OC)c(=O)n(C)c4)c(C(C)C)c3c2)CC1. The molecule has 3 heterocycles. The number of nitrogens with one attached hydrogen (secondary N) is 2. The van der Waals surface area contributed by atoms with Crippen LogP contribution in [0.15, 0.2) is 35.3 Å². The van der Waals surface area contributed by atoms with Gasteiger partial charge in [0.15, 0.2) is 5.75 Å². The van der Waals surface area contributed by atoms with E-state index in [1.165, 1.54) is 23.6 Å². The van der Waals surface area contributed by atoms with Crippen LogP contribution in [0.5, 0.6) is 5.75 Å². The normalized spacial score (nSPS) is 15.3. The van der Waals surface area contributed by atoms with Crippen LogP contribution in [0.2, 0.25) is 0 Å². The first kappa shape index (κ1) is 23.1. The fourth-order valence-electron chi connectivity index (χ4n) is 4.98. The molecule has 0 atom stereocenters. The number of aromatic amines is 1. The second-order valence-corrected chi connectivity index (χ2v) is 9.31. The summed E-state index contributed by atoms with van der Waals surface area (Å²) in [5, 5.41) is 3.95. The van der Waals surface area contributed by atoms with Gasteiger partial charge in [0.25, 0.3) is 5.56 Å². The number of likely N-dealkylation sites (N-methyl/N-ethyl adjacent to an activating group) is 1. The van der Waals surface area contributed by atoms with E-state index in [4.69, 9.17) is 4.74 Å². The summed E-state index contributed by atoms with van der Waals surface area (Å²) in [6.07, 6.45) is 3.97. The van der Waals surface area contributed by atoms with Crippen LogP contribution < -0.4 is 15.6 Å². The van der Waals surface area contributed by atoms with Crippen LogP contribution in [0.3, 0.4) is 0 Å². The maximum Gasteiger partial charge on any atom is 0.292 e. The van der Waals surface area contributed by atoms with Gasteiger partial charge in [-0.3, -0.25) is 14.5 Å². The van der Waals surface area contributed by atoms with Crippen LogP contribution in [0.1, 0.15) is 49.7 Å². The Morgan fingerprint density at radius 3 is 2.61 bits per heavy atom. The summed E-state index contributed by atoms with van der Waals surface area (Å²) < 4.78 is 6.90. The number of ether oxygens (including phenoxy) is 1. The van der Waals surface area contributed by atoms with E-state index in [9.17, 15) is 9.59 Å². The van der Waals surface area contributed by atoms with Crippen molar-refractivity contribution in [1.82, 2.24) is 19.8 Å². The van der Waals surface area contributed by atoms with Gasteiger partial charge in [-0.2, -0.15) is 0 Å². The van der Waals surface area contributed by atoms with Gasteiger partial charge in [0.2, 0.25) is 5.91 Å². The molecule has 3 aromatic rings. The molecule has 33 heavy (non-hydrogen) atoms. The highest BCUT2D eigenvalue weighted by molar-refractivity contribution is 5.92. The van der Waals surface area contributed by atoms with Crippen LogP contribution in [0, 0.1) is 0 Å². The number of fused-ring (bicyclic) bond motifs is 1. The quantitative estimate of drug-likeness (QED) is 0.602. The lowest BCUT2D eigenvalue weighted by molar-refractivity contribution is -0.122. The fraction of sp³-hybridized carbons (Fsp3) is 0.462. The zero-order valence-corrected chi connectivity index (χ0v) is 20.2. The number of benzene rings is 1. The highest BCUT2D eigenvalue weighted by atomic mass is 16.5. The third-order valence-electron chi connectivity index (χ3n) is 6.80. The third kappa shape index (κ3) is 4.55. The topological polar surface area (TPSA) is 79.4 Å². The Hall–Kier alpha value is -3.06. The number of H-pyrrole nitrogens is 1. The van der Waals surface area contributed by atoms with E-state index in [2.05, 4.69) is 47.2 Å². The van der Waals surface area contributed by atoms with Crippen LogP contribution >= 0.6 is 0 Å². The second kappa shape index (κ2) is 9.43. The van der Waals surface area contributed by atoms with Crippen molar-refractivity contribution in [3.63, 3.8) is 0 Å². The Bertz CT molecular complexity index is 1220. The summed E-state index contributed by atoms with van der Waals surface area (Å²) in [5.41, 5.74) is 5.54. The molecule has 0 unspecified atom stereocenters. The summed E-state index contributed by atoms with van der Waals surface area (Å²) in [5.74, 6) is 1.21. The van der Waals surface area contributed by atoms with Gasteiger partial charge in [0.05, 0.1) is 19.3 Å². The number of rotatable bonds is 6. The van der Waals surface area contributed by atoms with Crippen molar-refractivity contribution in [2.75, 3.05) is 33.8 Å². The number of hydrogen-bond donors (Lipinski definition) is 2. The van der Waals surface area contributed by atoms with E-state index in [0.29, 0.717) is 24.1 Å². The fourth-order valence-corrected chi connectivity index (χ4v) is 4.98. The minimum absolute atomic E-state index is 0.0753. The maximum atomic E-state index is 12.3. The van der Waals surface area contributed by atoms with Crippen LogP contribution in [-0.2, 0) is 11.8 Å². The molecule has 4 rings (SSSR count). The highest BCUT2D eigenvalue weighted by Gasteiger charge is 2.24. The van der Waals surface area contributed by atoms with Crippen molar-refractivity contribution < 1.29 is 9.53 Å². The maximum absolute atomic E-state index is 12.3.